The minimum Gasteiger partial charge on any atom is -0.353 e. The molecule has 1 aromatic heterocycles. The molecule has 0 aliphatic rings. The highest BCUT2D eigenvalue weighted by Crippen LogP contribution is 2.37. The molecule has 1 N–H and O–H groups in total. The number of H-pyrrole nitrogens is 1. The Hall–Kier alpha value is -2.29. The number of benzene rings is 3. The van der Waals surface area contributed by atoms with Crippen LogP contribution in [0.3, 0.4) is 0 Å². The second kappa shape index (κ2) is 5.41. The van der Waals surface area contributed by atoms with Crippen LogP contribution in [0.25, 0.3) is 32.9 Å². The van der Waals surface area contributed by atoms with E-state index in [-0.39, 0.29) is 0 Å². The summed E-state index contributed by atoms with van der Waals surface area (Å²) < 4.78 is 0. The van der Waals surface area contributed by atoms with E-state index in [1.807, 2.05) is 42.5 Å². The first-order valence-corrected chi connectivity index (χ1v) is 7.88. The summed E-state index contributed by atoms with van der Waals surface area (Å²) in [4.78, 5) is 15.1. The monoisotopic (exact) mass is 339 g/mol. The third-order valence-electron chi connectivity index (χ3n) is 4.06. The van der Waals surface area contributed by atoms with Crippen LogP contribution in [0.4, 0.5) is 0 Å². The molecule has 4 rings (SSSR count). The first-order valence-electron chi connectivity index (χ1n) is 7.13. The van der Waals surface area contributed by atoms with Crippen molar-refractivity contribution in [3.8, 4) is 11.3 Å². The van der Waals surface area contributed by atoms with Crippen LogP contribution < -0.4 is 0 Å². The number of aromatic amines is 1. The first kappa shape index (κ1) is 14.3. The van der Waals surface area contributed by atoms with Gasteiger partial charge in [0.05, 0.1) is 16.2 Å². The van der Waals surface area contributed by atoms with Crippen molar-refractivity contribution < 1.29 is 4.79 Å². The predicted octanol–water partition coefficient (Wildman–Crippen LogP) is 6.11. The number of aromatic nitrogens is 1. The standard InChI is InChI=1S/C19H11Cl2NO/c20-12-6-8-15(17(21)9-12)19-16(10-23)14-7-5-11-3-1-2-4-13(11)18(14)22-19/h1-10,22H. The van der Waals surface area contributed by atoms with E-state index in [1.54, 1.807) is 12.1 Å². The number of carbonyl (C=O) groups is 1. The molecule has 0 spiro atoms. The van der Waals surface area contributed by atoms with Gasteiger partial charge in [-0.15, -0.1) is 0 Å². The molecule has 0 unspecified atom stereocenters. The van der Waals surface area contributed by atoms with Gasteiger partial charge in [-0.25, -0.2) is 0 Å². The van der Waals surface area contributed by atoms with Gasteiger partial charge in [-0.1, -0.05) is 59.6 Å². The van der Waals surface area contributed by atoms with Crippen molar-refractivity contribution in [2.75, 3.05) is 0 Å². The SMILES string of the molecule is O=Cc1c(-c2ccc(Cl)cc2Cl)[nH]c2c1ccc1ccccc12. The highest BCUT2D eigenvalue weighted by molar-refractivity contribution is 6.36. The number of nitrogens with one attached hydrogen (secondary N) is 1. The summed E-state index contributed by atoms with van der Waals surface area (Å²) in [6.07, 6.45) is 0.869. The molecule has 3 aromatic carbocycles. The molecule has 0 radical (unpaired) electrons. The molecule has 0 saturated carbocycles. The Morgan fingerprint density at radius 1 is 0.913 bits per heavy atom. The van der Waals surface area contributed by atoms with Crippen molar-refractivity contribution in [3.05, 3.63) is 70.2 Å². The summed E-state index contributed by atoms with van der Waals surface area (Å²) in [6, 6.07) is 17.3. The summed E-state index contributed by atoms with van der Waals surface area (Å²) in [6.45, 7) is 0. The summed E-state index contributed by atoms with van der Waals surface area (Å²) >= 11 is 12.3. The van der Waals surface area contributed by atoms with Crippen molar-refractivity contribution in [3.63, 3.8) is 0 Å². The minimum atomic E-state index is 0.511. The van der Waals surface area contributed by atoms with Crippen LogP contribution in [0.1, 0.15) is 10.4 Å². The lowest BCUT2D eigenvalue weighted by molar-refractivity contribution is 0.112. The van der Waals surface area contributed by atoms with Gasteiger partial charge in [0, 0.05) is 26.9 Å². The van der Waals surface area contributed by atoms with E-state index in [1.165, 1.54) is 0 Å². The van der Waals surface area contributed by atoms with Crippen molar-refractivity contribution in [1.82, 2.24) is 4.98 Å². The third kappa shape index (κ3) is 2.23. The van der Waals surface area contributed by atoms with E-state index in [2.05, 4.69) is 4.98 Å². The van der Waals surface area contributed by atoms with Gasteiger partial charge in [-0.3, -0.25) is 4.79 Å². The number of carbonyl (C=O) groups excluding carboxylic acids is 1. The van der Waals surface area contributed by atoms with Crippen molar-refractivity contribution >= 4 is 51.2 Å². The zero-order valence-corrected chi connectivity index (χ0v) is 13.4. The highest BCUT2D eigenvalue weighted by Gasteiger charge is 2.16. The smallest absolute Gasteiger partial charge is 0.152 e. The molecule has 0 saturated heterocycles. The Balaban J connectivity index is 2.11. The van der Waals surface area contributed by atoms with E-state index >= 15 is 0 Å². The molecule has 1 heterocycles. The molecular formula is C19H11Cl2NO. The van der Waals surface area contributed by atoms with Gasteiger partial charge in [-0.05, 0) is 23.6 Å². The largest absolute Gasteiger partial charge is 0.353 e. The van der Waals surface area contributed by atoms with Gasteiger partial charge < -0.3 is 4.98 Å². The van der Waals surface area contributed by atoms with Crippen LogP contribution in [-0.4, -0.2) is 11.3 Å². The lowest BCUT2D eigenvalue weighted by Gasteiger charge is -2.03. The first-order chi connectivity index (χ1) is 11.2. The molecule has 112 valence electrons. The van der Waals surface area contributed by atoms with Crippen LogP contribution in [0.2, 0.25) is 10.0 Å². The van der Waals surface area contributed by atoms with Crippen LogP contribution in [0.5, 0.6) is 0 Å². The van der Waals surface area contributed by atoms with Gasteiger partial charge in [0.15, 0.2) is 6.29 Å². The van der Waals surface area contributed by atoms with Gasteiger partial charge in [-0.2, -0.15) is 0 Å². The number of aldehydes is 1. The number of rotatable bonds is 2. The maximum absolute atomic E-state index is 11.7. The molecule has 4 heteroatoms. The fourth-order valence-electron chi connectivity index (χ4n) is 2.98. The summed E-state index contributed by atoms with van der Waals surface area (Å²) in [5.74, 6) is 0. The van der Waals surface area contributed by atoms with Crippen LogP contribution in [0.15, 0.2) is 54.6 Å². The number of halogens is 2. The molecule has 2 nitrogen and oxygen atoms in total. The van der Waals surface area contributed by atoms with Crippen LogP contribution in [0, 0.1) is 0 Å². The zero-order valence-electron chi connectivity index (χ0n) is 11.9. The van der Waals surface area contributed by atoms with Crippen molar-refractivity contribution in [2.24, 2.45) is 0 Å². The molecule has 23 heavy (non-hydrogen) atoms. The lowest BCUT2D eigenvalue weighted by atomic mass is 10.0. The molecule has 0 atom stereocenters. The molecule has 0 bridgehead atoms. The molecular weight excluding hydrogens is 329 g/mol. The van der Waals surface area contributed by atoms with E-state index in [4.69, 9.17) is 23.2 Å². The van der Waals surface area contributed by atoms with Crippen LogP contribution >= 0.6 is 23.2 Å². The Kier molecular flexibility index (Phi) is 3.37. The average Bonchev–Trinajstić information content (AvgIpc) is 2.93. The maximum Gasteiger partial charge on any atom is 0.152 e. The van der Waals surface area contributed by atoms with Crippen molar-refractivity contribution in [2.45, 2.75) is 0 Å². The molecule has 0 aliphatic heterocycles. The normalized spacial score (nSPS) is 11.2. The predicted molar refractivity (Wildman–Crippen MR) is 96.6 cm³/mol. The number of hydrogen-bond acceptors (Lipinski definition) is 1. The number of hydrogen-bond donors (Lipinski definition) is 1. The summed E-state index contributed by atoms with van der Waals surface area (Å²) in [7, 11) is 0. The summed E-state index contributed by atoms with van der Waals surface area (Å²) in [5, 5.41) is 4.15. The Morgan fingerprint density at radius 3 is 2.52 bits per heavy atom. The van der Waals surface area contributed by atoms with Gasteiger partial charge in [0.2, 0.25) is 0 Å². The molecule has 0 amide bonds. The second-order valence-electron chi connectivity index (χ2n) is 5.36. The fraction of sp³-hybridized carbons (Fsp3) is 0. The Bertz CT molecular complexity index is 1070. The van der Waals surface area contributed by atoms with Crippen molar-refractivity contribution in [1.29, 1.82) is 0 Å². The quantitative estimate of drug-likeness (QED) is 0.439. The highest BCUT2D eigenvalue weighted by atomic mass is 35.5. The summed E-state index contributed by atoms with van der Waals surface area (Å²) in [5.41, 5.74) is 3.02. The minimum absolute atomic E-state index is 0.511. The van der Waals surface area contributed by atoms with Gasteiger partial charge in [0.25, 0.3) is 0 Å². The van der Waals surface area contributed by atoms with Gasteiger partial charge >= 0.3 is 0 Å². The third-order valence-corrected chi connectivity index (χ3v) is 4.60. The van der Waals surface area contributed by atoms with E-state index in [9.17, 15) is 4.79 Å². The maximum atomic E-state index is 11.7. The Morgan fingerprint density at radius 2 is 1.74 bits per heavy atom. The van der Waals surface area contributed by atoms with Gasteiger partial charge in [0.1, 0.15) is 0 Å². The molecule has 0 fully saturated rings. The average molecular weight is 340 g/mol. The molecule has 4 aromatic rings. The van der Waals surface area contributed by atoms with E-state index < -0.39 is 0 Å². The van der Waals surface area contributed by atoms with E-state index in [0.717, 1.165) is 33.5 Å². The van der Waals surface area contributed by atoms with E-state index in [0.29, 0.717) is 21.3 Å². The van der Waals surface area contributed by atoms with Crippen LogP contribution in [-0.2, 0) is 0 Å². The fourth-order valence-corrected chi connectivity index (χ4v) is 3.49. The molecule has 0 aliphatic carbocycles. The zero-order chi connectivity index (χ0) is 16.0. The topological polar surface area (TPSA) is 32.9 Å². The Labute approximate surface area is 142 Å². The number of fused-ring (bicyclic) bond motifs is 3. The lowest BCUT2D eigenvalue weighted by Crippen LogP contribution is -1.85. The second-order valence-corrected chi connectivity index (χ2v) is 6.21.